The lowest BCUT2D eigenvalue weighted by molar-refractivity contribution is 0.157. The summed E-state index contributed by atoms with van der Waals surface area (Å²) < 4.78 is 0. The Kier molecular flexibility index (Phi) is 10.6. The topological polar surface area (TPSA) is 32.3 Å². The van der Waals surface area contributed by atoms with Gasteiger partial charge in [0.05, 0.1) is 6.10 Å². The highest BCUT2D eigenvalue weighted by atomic mass is 32.2. The highest BCUT2D eigenvalue weighted by Crippen LogP contribution is 2.08. The van der Waals surface area contributed by atoms with Crippen molar-refractivity contribution in [2.75, 3.05) is 18.1 Å². The molecule has 0 aromatic carbocycles. The summed E-state index contributed by atoms with van der Waals surface area (Å²) in [5.74, 6) is 3.23. The van der Waals surface area contributed by atoms with Gasteiger partial charge in [-0.15, -0.1) is 0 Å². The maximum atomic E-state index is 9.39. The van der Waals surface area contributed by atoms with Crippen molar-refractivity contribution in [3.63, 3.8) is 0 Å². The second-order valence-corrected chi connectivity index (χ2v) is 6.07. The number of rotatable bonds is 10. The van der Waals surface area contributed by atoms with Crippen molar-refractivity contribution in [2.24, 2.45) is 5.92 Å². The molecule has 0 saturated carbocycles. The third-order valence-electron chi connectivity index (χ3n) is 2.50. The lowest BCUT2D eigenvalue weighted by Crippen LogP contribution is -2.29. The number of nitrogens with one attached hydrogen (secondary N) is 1. The van der Waals surface area contributed by atoms with Crippen LogP contribution in [0.2, 0.25) is 0 Å². The minimum Gasteiger partial charge on any atom is -0.393 e. The summed E-state index contributed by atoms with van der Waals surface area (Å²) in [5.41, 5.74) is 0. The van der Waals surface area contributed by atoms with Crippen LogP contribution in [0.25, 0.3) is 0 Å². The van der Waals surface area contributed by atoms with Crippen molar-refractivity contribution < 1.29 is 5.11 Å². The smallest absolute Gasteiger partial charge is 0.0538 e. The van der Waals surface area contributed by atoms with Crippen molar-refractivity contribution >= 4 is 11.8 Å². The fourth-order valence-corrected chi connectivity index (χ4v) is 2.51. The van der Waals surface area contributed by atoms with Gasteiger partial charge in [0, 0.05) is 11.8 Å². The number of hydrogen-bond acceptors (Lipinski definition) is 3. The van der Waals surface area contributed by atoms with Gasteiger partial charge in [-0.2, -0.15) is 11.8 Å². The zero-order valence-corrected chi connectivity index (χ0v) is 12.1. The molecule has 0 bridgehead atoms. The second kappa shape index (κ2) is 10.4. The van der Waals surface area contributed by atoms with E-state index < -0.39 is 0 Å². The minimum absolute atomic E-state index is 0.104. The summed E-state index contributed by atoms with van der Waals surface area (Å²) in [6.07, 6.45) is 2.77. The molecule has 0 heterocycles. The molecule has 0 spiro atoms. The van der Waals surface area contributed by atoms with Crippen LogP contribution in [0.3, 0.4) is 0 Å². The average Bonchev–Trinajstić information content (AvgIpc) is 2.23. The molecule has 98 valence electrons. The SMILES string of the molecule is CCC(O)CCCNC(C)CSCC(C)C. The summed E-state index contributed by atoms with van der Waals surface area (Å²) in [6, 6.07) is 0.586. The number of thioether (sulfide) groups is 1. The van der Waals surface area contributed by atoms with Crippen LogP contribution >= 0.6 is 11.8 Å². The average molecular weight is 247 g/mol. The Balaban J connectivity index is 3.26. The summed E-state index contributed by atoms with van der Waals surface area (Å²) in [7, 11) is 0. The first kappa shape index (κ1) is 16.3. The van der Waals surface area contributed by atoms with Gasteiger partial charge in [-0.05, 0) is 44.4 Å². The van der Waals surface area contributed by atoms with E-state index in [4.69, 9.17) is 0 Å². The molecule has 2 N–H and O–H groups in total. The largest absolute Gasteiger partial charge is 0.393 e. The van der Waals surface area contributed by atoms with E-state index >= 15 is 0 Å². The van der Waals surface area contributed by atoms with E-state index in [2.05, 4.69) is 26.1 Å². The summed E-state index contributed by atoms with van der Waals surface area (Å²) in [4.78, 5) is 0. The van der Waals surface area contributed by atoms with Gasteiger partial charge in [0.25, 0.3) is 0 Å². The van der Waals surface area contributed by atoms with Crippen molar-refractivity contribution in [3.8, 4) is 0 Å². The molecule has 0 aliphatic rings. The zero-order chi connectivity index (χ0) is 12.4. The Bertz CT molecular complexity index is 153. The molecule has 0 aliphatic heterocycles. The summed E-state index contributed by atoms with van der Waals surface area (Å²) in [5, 5.41) is 12.9. The van der Waals surface area contributed by atoms with Crippen molar-refractivity contribution in [2.45, 2.75) is 59.1 Å². The molecule has 3 heteroatoms. The van der Waals surface area contributed by atoms with E-state index in [0.29, 0.717) is 6.04 Å². The quantitative estimate of drug-likeness (QED) is 0.582. The van der Waals surface area contributed by atoms with Gasteiger partial charge in [-0.3, -0.25) is 0 Å². The Hall–Kier alpha value is 0.270. The predicted molar refractivity (Wildman–Crippen MR) is 75.2 cm³/mol. The molecule has 0 aliphatic carbocycles. The molecular formula is C13H29NOS. The lowest BCUT2D eigenvalue weighted by atomic mass is 10.1. The van der Waals surface area contributed by atoms with Gasteiger partial charge >= 0.3 is 0 Å². The first-order chi connectivity index (χ1) is 7.56. The fraction of sp³-hybridized carbons (Fsp3) is 1.00. The molecule has 0 radical (unpaired) electrons. The Morgan fingerprint density at radius 3 is 2.44 bits per heavy atom. The maximum Gasteiger partial charge on any atom is 0.0538 e. The Morgan fingerprint density at radius 1 is 1.19 bits per heavy atom. The van der Waals surface area contributed by atoms with Crippen LogP contribution in [0.15, 0.2) is 0 Å². The Labute approximate surface area is 106 Å². The third kappa shape index (κ3) is 10.8. The monoisotopic (exact) mass is 247 g/mol. The molecular weight excluding hydrogens is 218 g/mol. The zero-order valence-electron chi connectivity index (χ0n) is 11.3. The molecule has 0 aromatic rings. The van der Waals surface area contributed by atoms with Crippen LogP contribution in [0.4, 0.5) is 0 Å². The predicted octanol–water partition coefficient (Wildman–Crippen LogP) is 2.90. The Morgan fingerprint density at radius 2 is 1.88 bits per heavy atom. The molecule has 0 saturated heterocycles. The van der Waals surface area contributed by atoms with Crippen molar-refractivity contribution in [3.05, 3.63) is 0 Å². The highest BCUT2D eigenvalue weighted by molar-refractivity contribution is 7.99. The van der Waals surface area contributed by atoms with Crippen LogP contribution in [0.5, 0.6) is 0 Å². The van der Waals surface area contributed by atoms with E-state index in [-0.39, 0.29) is 6.10 Å². The van der Waals surface area contributed by atoms with Gasteiger partial charge in [-0.1, -0.05) is 20.8 Å². The first-order valence-corrected chi connectivity index (χ1v) is 7.70. The molecule has 0 rings (SSSR count). The standard InChI is InChI=1S/C13H29NOS/c1-5-13(15)7-6-8-14-12(4)10-16-9-11(2)3/h11-15H,5-10H2,1-4H3. The molecule has 0 aromatic heterocycles. The van der Waals surface area contributed by atoms with Crippen molar-refractivity contribution in [1.29, 1.82) is 0 Å². The van der Waals surface area contributed by atoms with Gasteiger partial charge in [0.15, 0.2) is 0 Å². The van der Waals surface area contributed by atoms with E-state index in [1.807, 2.05) is 18.7 Å². The normalized spacial score (nSPS) is 15.4. The molecule has 0 amide bonds. The highest BCUT2D eigenvalue weighted by Gasteiger charge is 2.03. The number of hydrogen-bond donors (Lipinski definition) is 2. The van der Waals surface area contributed by atoms with Crippen molar-refractivity contribution in [1.82, 2.24) is 5.32 Å². The molecule has 2 unspecified atom stereocenters. The molecule has 0 fully saturated rings. The van der Waals surface area contributed by atoms with Gasteiger partial charge in [0.2, 0.25) is 0 Å². The molecule has 2 atom stereocenters. The summed E-state index contributed by atoms with van der Waals surface area (Å²) in [6.45, 7) is 9.82. The first-order valence-electron chi connectivity index (χ1n) is 6.55. The number of aliphatic hydroxyl groups is 1. The maximum absolute atomic E-state index is 9.39. The van der Waals surface area contributed by atoms with Crippen LogP contribution < -0.4 is 5.32 Å². The fourth-order valence-electron chi connectivity index (χ4n) is 1.43. The third-order valence-corrected chi connectivity index (χ3v) is 4.14. The van der Waals surface area contributed by atoms with Crippen LogP contribution in [0.1, 0.15) is 47.0 Å². The lowest BCUT2D eigenvalue weighted by Gasteiger charge is -2.15. The van der Waals surface area contributed by atoms with E-state index in [0.717, 1.165) is 31.7 Å². The van der Waals surface area contributed by atoms with Crippen LogP contribution in [-0.2, 0) is 0 Å². The molecule has 2 nitrogen and oxygen atoms in total. The van der Waals surface area contributed by atoms with Crippen LogP contribution in [-0.4, -0.2) is 35.3 Å². The van der Waals surface area contributed by atoms with E-state index in [1.54, 1.807) is 0 Å². The minimum atomic E-state index is -0.104. The molecule has 16 heavy (non-hydrogen) atoms. The number of aliphatic hydroxyl groups excluding tert-OH is 1. The van der Waals surface area contributed by atoms with E-state index in [1.165, 1.54) is 11.5 Å². The second-order valence-electron chi connectivity index (χ2n) is 4.99. The van der Waals surface area contributed by atoms with Gasteiger partial charge < -0.3 is 10.4 Å². The van der Waals surface area contributed by atoms with Gasteiger partial charge in [-0.25, -0.2) is 0 Å². The van der Waals surface area contributed by atoms with Gasteiger partial charge in [0.1, 0.15) is 0 Å². The van der Waals surface area contributed by atoms with E-state index in [9.17, 15) is 5.11 Å². The van der Waals surface area contributed by atoms with Crippen LogP contribution in [0, 0.1) is 5.92 Å². The summed E-state index contributed by atoms with van der Waals surface area (Å²) >= 11 is 2.03.